The van der Waals surface area contributed by atoms with Gasteiger partial charge in [-0.1, -0.05) is 48.5 Å². The van der Waals surface area contributed by atoms with E-state index in [0.29, 0.717) is 24.8 Å². The summed E-state index contributed by atoms with van der Waals surface area (Å²) in [4.78, 5) is 19.3. The molecule has 6 N–H and O–H groups in total. The van der Waals surface area contributed by atoms with Crippen LogP contribution < -0.4 is 16.2 Å². The minimum absolute atomic E-state index is 0.0224. The molecule has 3 aromatic rings. The van der Waals surface area contributed by atoms with Gasteiger partial charge in [0, 0.05) is 19.8 Å². The molecular formula is C23H29N5O2S. The molecule has 1 aliphatic heterocycles. The van der Waals surface area contributed by atoms with Crippen LogP contribution in [0.3, 0.4) is 0 Å². The van der Waals surface area contributed by atoms with Crippen molar-refractivity contribution in [1.29, 1.82) is 0 Å². The van der Waals surface area contributed by atoms with Gasteiger partial charge in [0.15, 0.2) is 5.95 Å². The van der Waals surface area contributed by atoms with Gasteiger partial charge in [-0.3, -0.25) is 9.93 Å². The van der Waals surface area contributed by atoms with Crippen molar-refractivity contribution in [3.05, 3.63) is 71.4 Å². The van der Waals surface area contributed by atoms with Gasteiger partial charge in [-0.25, -0.2) is 4.98 Å². The SMILES string of the molecule is NS.Nc1ncc(-c2ccc(CNC(=O)Cc3ccc(C4CCOCC4)cc3)cc2)[nH]1. The van der Waals surface area contributed by atoms with Crippen molar-refractivity contribution in [2.75, 3.05) is 18.9 Å². The van der Waals surface area contributed by atoms with Crippen LogP contribution in [-0.2, 0) is 22.5 Å². The summed E-state index contributed by atoms with van der Waals surface area (Å²) in [5.41, 5.74) is 10.9. The monoisotopic (exact) mass is 439 g/mol. The molecule has 1 aromatic heterocycles. The van der Waals surface area contributed by atoms with Crippen LogP contribution in [0.5, 0.6) is 0 Å². The largest absolute Gasteiger partial charge is 0.381 e. The molecule has 8 heteroatoms. The second kappa shape index (κ2) is 11.5. The van der Waals surface area contributed by atoms with Gasteiger partial charge in [-0.15, -0.1) is 12.8 Å². The molecule has 0 atom stereocenters. The zero-order chi connectivity index (χ0) is 22.1. The standard InChI is InChI=1S/C23H26N4O2.H3NS/c24-23-26-15-21(27-23)20-7-3-17(4-8-20)14-25-22(28)13-16-1-5-18(6-2-16)19-9-11-29-12-10-19;1-2/h1-8,15,19H,9-14H2,(H,25,28)(H3,24,26,27);2H,1H2. The Morgan fingerprint density at radius 2 is 1.71 bits per heavy atom. The molecule has 0 bridgehead atoms. The molecule has 0 spiro atoms. The van der Waals surface area contributed by atoms with E-state index < -0.39 is 0 Å². The van der Waals surface area contributed by atoms with Crippen molar-refractivity contribution < 1.29 is 9.53 Å². The summed E-state index contributed by atoms with van der Waals surface area (Å²) < 4.78 is 5.43. The highest BCUT2D eigenvalue weighted by Crippen LogP contribution is 2.27. The highest BCUT2D eigenvalue weighted by Gasteiger charge is 2.15. The summed E-state index contributed by atoms with van der Waals surface area (Å²) in [7, 11) is 0. The molecule has 2 heterocycles. The fraction of sp³-hybridized carbons (Fsp3) is 0.304. The first-order valence-electron chi connectivity index (χ1n) is 10.3. The minimum atomic E-state index is 0.0224. The number of nitrogens with zero attached hydrogens (tertiary/aromatic N) is 1. The molecule has 1 amide bonds. The molecule has 1 saturated heterocycles. The first-order valence-corrected chi connectivity index (χ1v) is 10.8. The lowest BCUT2D eigenvalue weighted by atomic mass is 9.91. The Morgan fingerprint density at radius 3 is 2.32 bits per heavy atom. The third kappa shape index (κ3) is 6.58. The van der Waals surface area contributed by atoms with Crippen molar-refractivity contribution in [3.8, 4) is 11.3 Å². The average Bonchev–Trinajstić information content (AvgIpc) is 3.27. The van der Waals surface area contributed by atoms with Crippen molar-refractivity contribution in [1.82, 2.24) is 15.3 Å². The Kier molecular flexibility index (Phi) is 8.52. The van der Waals surface area contributed by atoms with E-state index in [1.807, 2.05) is 24.3 Å². The minimum Gasteiger partial charge on any atom is -0.381 e. The second-order valence-electron chi connectivity index (χ2n) is 7.46. The number of hydrogen-bond acceptors (Lipinski definition) is 6. The third-order valence-electron chi connectivity index (χ3n) is 5.39. The number of imidazole rings is 1. The van der Waals surface area contributed by atoms with Crippen molar-refractivity contribution in [2.45, 2.75) is 31.7 Å². The maximum absolute atomic E-state index is 12.3. The van der Waals surface area contributed by atoms with Crippen LogP contribution in [0.25, 0.3) is 11.3 Å². The van der Waals surface area contributed by atoms with Gasteiger partial charge in [-0.2, -0.15) is 0 Å². The van der Waals surface area contributed by atoms with E-state index in [9.17, 15) is 4.79 Å². The lowest BCUT2D eigenvalue weighted by Crippen LogP contribution is -2.24. The van der Waals surface area contributed by atoms with E-state index >= 15 is 0 Å². The molecular weight excluding hydrogens is 410 g/mol. The van der Waals surface area contributed by atoms with Gasteiger partial charge in [0.05, 0.1) is 18.3 Å². The number of ether oxygens (including phenoxy) is 1. The number of nitrogen functional groups attached to an aromatic ring is 1. The van der Waals surface area contributed by atoms with Gasteiger partial charge < -0.3 is 20.8 Å². The summed E-state index contributed by atoms with van der Waals surface area (Å²) in [6.07, 6.45) is 4.25. The van der Waals surface area contributed by atoms with E-state index in [1.54, 1.807) is 6.20 Å². The molecule has 4 rings (SSSR count). The Hall–Kier alpha value is -2.81. The van der Waals surface area contributed by atoms with Crippen molar-refractivity contribution >= 4 is 24.7 Å². The second-order valence-corrected chi connectivity index (χ2v) is 7.46. The van der Waals surface area contributed by atoms with Crippen LogP contribution in [0.2, 0.25) is 0 Å². The van der Waals surface area contributed by atoms with Crippen LogP contribution in [-0.4, -0.2) is 29.1 Å². The van der Waals surface area contributed by atoms with Gasteiger partial charge >= 0.3 is 0 Å². The van der Waals surface area contributed by atoms with E-state index in [1.165, 1.54) is 5.56 Å². The molecule has 1 fully saturated rings. The highest BCUT2D eigenvalue weighted by molar-refractivity contribution is 7.77. The zero-order valence-electron chi connectivity index (χ0n) is 17.4. The number of aromatic amines is 1. The topological polar surface area (TPSA) is 119 Å². The first-order chi connectivity index (χ1) is 15.2. The van der Waals surface area contributed by atoms with Crippen LogP contribution in [0.15, 0.2) is 54.7 Å². The maximum atomic E-state index is 12.3. The number of nitrogens with one attached hydrogen (secondary N) is 2. The van der Waals surface area contributed by atoms with Crippen LogP contribution in [0, 0.1) is 0 Å². The van der Waals surface area contributed by atoms with Gasteiger partial charge in [-0.05, 0) is 41.0 Å². The van der Waals surface area contributed by atoms with E-state index in [2.05, 4.69) is 57.5 Å². The van der Waals surface area contributed by atoms with E-state index in [0.717, 1.165) is 48.4 Å². The normalized spacial score (nSPS) is 13.9. The lowest BCUT2D eigenvalue weighted by molar-refractivity contribution is -0.120. The van der Waals surface area contributed by atoms with Crippen LogP contribution in [0.1, 0.15) is 35.4 Å². The molecule has 0 aliphatic carbocycles. The number of carbonyl (C=O) groups excluding carboxylic acids is 1. The number of thiol groups is 1. The number of carbonyl (C=O) groups is 1. The number of H-pyrrole nitrogens is 1. The quantitative estimate of drug-likeness (QED) is 0.378. The van der Waals surface area contributed by atoms with Crippen LogP contribution in [0.4, 0.5) is 5.95 Å². The third-order valence-corrected chi connectivity index (χ3v) is 5.39. The molecule has 0 unspecified atom stereocenters. The molecule has 31 heavy (non-hydrogen) atoms. The highest BCUT2D eigenvalue weighted by atomic mass is 32.1. The summed E-state index contributed by atoms with van der Waals surface area (Å²) in [6.45, 7) is 2.18. The Balaban J connectivity index is 0.00000132. The predicted molar refractivity (Wildman–Crippen MR) is 126 cm³/mol. The number of benzene rings is 2. The van der Waals surface area contributed by atoms with E-state index in [4.69, 9.17) is 10.5 Å². The molecule has 2 aromatic carbocycles. The fourth-order valence-electron chi connectivity index (χ4n) is 3.67. The fourth-order valence-corrected chi connectivity index (χ4v) is 3.67. The average molecular weight is 440 g/mol. The summed E-state index contributed by atoms with van der Waals surface area (Å²) in [5.74, 6) is 0.999. The number of aromatic nitrogens is 2. The smallest absolute Gasteiger partial charge is 0.224 e. The zero-order valence-corrected chi connectivity index (χ0v) is 18.3. The number of amides is 1. The number of anilines is 1. The predicted octanol–water partition coefficient (Wildman–Crippen LogP) is 3.20. The van der Waals surface area contributed by atoms with Crippen LogP contribution >= 0.6 is 12.8 Å². The number of nitrogens with two attached hydrogens (primary N) is 2. The number of rotatable bonds is 6. The molecule has 164 valence electrons. The first kappa shape index (κ1) is 22.9. The van der Waals surface area contributed by atoms with Gasteiger partial charge in [0.25, 0.3) is 0 Å². The van der Waals surface area contributed by atoms with E-state index in [-0.39, 0.29) is 5.91 Å². The summed E-state index contributed by atoms with van der Waals surface area (Å²) in [6, 6.07) is 16.4. The Morgan fingerprint density at radius 1 is 1.06 bits per heavy atom. The molecule has 0 saturated carbocycles. The molecule has 1 aliphatic rings. The Bertz CT molecular complexity index is 951. The summed E-state index contributed by atoms with van der Waals surface area (Å²) in [5, 5.41) is 7.19. The van der Waals surface area contributed by atoms with Gasteiger partial charge in [0.1, 0.15) is 0 Å². The molecule has 7 nitrogen and oxygen atoms in total. The van der Waals surface area contributed by atoms with Crippen molar-refractivity contribution in [3.63, 3.8) is 0 Å². The number of hydrogen-bond donors (Lipinski definition) is 5. The lowest BCUT2D eigenvalue weighted by Gasteiger charge is -2.22. The maximum Gasteiger partial charge on any atom is 0.224 e. The Labute approximate surface area is 188 Å². The van der Waals surface area contributed by atoms with Gasteiger partial charge in [0.2, 0.25) is 5.91 Å². The van der Waals surface area contributed by atoms with Crippen molar-refractivity contribution in [2.24, 2.45) is 5.14 Å². The summed E-state index contributed by atoms with van der Waals surface area (Å²) >= 11 is 3.03. The molecule has 0 radical (unpaired) electrons.